The number of fused-ring (bicyclic) bond motifs is 1. The van der Waals surface area contributed by atoms with Gasteiger partial charge in [0.15, 0.2) is 5.69 Å². The first-order valence-electron chi connectivity index (χ1n) is 10.9. The molecule has 5 rings (SSSR count). The molecule has 30 heavy (non-hydrogen) atoms. The molecule has 0 bridgehead atoms. The Morgan fingerprint density at radius 3 is 2.63 bits per heavy atom. The highest BCUT2D eigenvalue weighted by Crippen LogP contribution is 2.29. The first-order valence-corrected chi connectivity index (χ1v) is 10.9. The molecule has 8 nitrogen and oxygen atoms in total. The molecule has 1 amide bonds. The van der Waals surface area contributed by atoms with Gasteiger partial charge in [0.25, 0.3) is 5.91 Å². The van der Waals surface area contributed by atoms with Crippen LogP contribution in [0.1, 0.15) is 40.2 Å². The van der Waals surface area contributed by atoms with E-state index in [0.717, 1.165) is 56.9 Å². The van der Waals surface area contributed by atoms with Crippen LogP contribution >= 0.6 is 0 Å². The van der Waals surface area contributed by atoms with E-state index < -0.39 is 0 Å². The highest BCUT2D eigenvalue weighted by atomic mass is 16.5. The topological polar surface area (TPSA) is 72.7 Å². The molecular weight excluding hydrogens is 382 g/mol. The van der Waals surface area contributed by atoms with E-state index in [0.29, 0.717) is 38.0 Å². The maximum absolute atomic E-state index is 12.9. The summed E-state index contributed by atoms with van der Waals surface area (Å²) in [4.78, 5) is 17.3. The first-order chi connectivity index (χ1) is 14.7. The lowest BCUT2D eigenvalue weighted by atomic mass is 9.95. The second-order valence-corrected chi connectivity index (χ2v) is 8.32. The minimum atomic E-state index is -0.0578. The van der Waals surface area contributed by atoms with Crippen LogP contribution in [-0.2, 0) is 22.4 Å². The molecule has 3 aliphatic rings. The summed E-state index contributed by atoms with van der Waals surface area (Å²) in [6, 6.07) is 7.01. The molecule has 2 saturated heterocycles. The van der Waals surface area contributed by atoms with Crippen LogP contribution in [0.15, 0.2) is 18.2 Å². The number of rotatable bonds is 3. The quantitative estimate of drug-likeness (QED) is 0.764. The number of aromatic nitrogens is 3. The van der Waals surface area contributed by atoms with Gasteiger partial charge in [-0.2, -0.15) is 0 Å². The predicted octanol–water partition coefficient (Wildman–Crippen LogP) is 1.59. The Hall–Kier alpha value is -2.29. The highest BCUT2D eigenvalue weighted by molar-refractivity contribution is 5.93. The zero-order chi connectivity index (χ0) is 20.5. The number of nitrogens with zero attached hydrogens (tertiary/aromatic N) is 5. The number of ether oxygens (including phenoxy) is 2. The number of carbonyl (C=O) groups excluding carboxylic acids is 1. The van der Waals surface area contributed by atoms with Gasteiger partial charge in [0, 0.05) is 45.4 Å². The van der Waals surface area contributed by atoms with E-state index in [-0.39, 0.29) is 5.91 Å². The second-order valence-electron chi connectivity index (χ2n) is 8.32. The third-order valence-electron chi connectivity index (χ3n) is 6.60. The van der Waals surface area contributed by atoms with Gasteiger partial charge in [0.05, 0.1) is 24.6 Å². The molecule has 2 aromatic rings. The van der Waals surface area contributed by atoms with Crippen molar-refractivity contribution >= 4 is 5.91 Å². The number of morpholine rings is 1. The Bertz CT molecular complexity index is 915. The maximum Gasteiger partial charge on any atom is 0.276 e. The van der Waals surface area contributed by atoms with Crippen LogP contribution in [0.3, 0.4) is 0 Å². The van der Waals surface area contributed by atoms with Crippen molar-refractivity contribution in [2.45, 2.75) is 38.8 Å². The standard InChI is InChI=1S/C22H29N5O3/c1-16-21(22(28)25-9-13-30-14-10-25)23-24-27(16)20-4-2-3-17-15-26(8-5-19(17)20)18-6-11-29-12-7-18/h2-4,18H,5-15H2,1H3. The van der Waals surface area contributed by atoms with Gasteiger partial charge in [0.1, 0.15) is 0 Å². The summed E-state index contributed by atoms with van der Waals surface area (Å²) in [5.74, 6) is -0.0578. The fraction of sp³-hybridized carbons (Fsp3) is 0.591. The van der Waals surface area contributed by atoms with Crippen molar-refractivity contribution in [1.29, 1.82) is 0 Å². The number of amides is 1. The molecule has 0 radical (unpaired) electrons. The molecule has 0 saturated carbocycles. The SMILES string of the molecule is Cc1c(C(=O)N2CCOCC2)nnn1-c1cccc2c1CCN(C1CCOCC1)C2. The summed E-state index contributed by atoms with van der Waals surface area (Å²) in [5.41, 5.74) is 4.95. The van der Waals surface area contributed by atoms with Crippen molar-refractivity contribution < 1.29 is 14.3 Å². The van der Waals surface area contributed by atoms with E-state index in [4.69, 9.17) is 9.47 Å². The third kappa shape index (κ3) is 3.64. The van der Waals surface area contributed by atoms with Crippen LogP contribution in [0.5, 0.6) is 0 Å². The third-order valence-corrected chi connectivity index (χ3v) is 6.60. The molecule has 0 unspecified atom stereocenters. The number of carbonyl (C=O) groups is 1. The highest BCUT2D eigenvalue weighted by Gasteiger charge is 2.29. The van der Waals surface area contributed by atoms with Gasteiger partial charge >= 0.3 is 0 Å². The Labute approximate surface area is 176 Å². The van der Waals surface area contributed by atoms with Crippen LogP contribution < -0.4 is 0 Å². The molecular formula is C22H29N5O3. The van der Waals surface area contributed by atoms with Gasteiger partial charge in [-0.3, -0.25) is 9.69 Å². The monoisotopic (exact) mass is 411 g/mol. The van der Waals surface area contributed by atoms with E-state index in [1.807, 2.05) is 11.6 Å². The molecule has 8 heteroatoms. The molecule has 2 fully saturated rings. The van der Waals surface area contributed by atoms with Gasteiger partial charge in [-0.25, -0.2) is 4.68 Å². The molecule has 1 aromatic heterocycles. The van der Waals surface area contributed by atoms with Crippen LogP contribution in [0.2, 0.25) is 0 Å². The van der Waals surface area contributed by atoms with E-state index in [1.54, 1.807) is 4.90 Å². The Morgan fingerprint density at radius 2 is 1.83 bits per heavy atom. The average molecular weight is 412 g/mol. The summed E-state index contributed by atoms with van der Waals surface area (Å²) in [5, 5.41) is 8.64. The number of hydrogen-bond acceptors (Lipinski definition) is 6. The van der Waals surface area contributed by atoms with Gasteiger partial charge in [-0.1, -0.05) is 17.3 Å². The van der Waals surface area contributed by atoms with E-state index in [2.05, 4.69) is 33.4 Å². The molecule has 3 aliphatic heterocycles. The lowest BCUT2D eigenvalue weighted by Crippen LogP contribution is -2.42. The average Bonchev–Trinajstić information content (AvgIpc) is 3.20. The fourth-order valence-electron chi connectivity index (χ4n) is 4.84. The number of hydrogen-bond donors (Lipinski definition) is 0. The lowest BCUT2D eigenvalue weighted by Gasteiger charge is -2.38. The van der Waals surface area contributed by atoms with Crippen LogP contribution in [-0.4, -0.2) is 82.8 Å². The lowest BCUT2D eigenvalue weighted by molar-refractivity contribution is 0.0290. The maximum atomic E-state index is 12.9. The summed E-state index contributed by atoms with van der Waals surface area (Å²) in [6.45, 7) is 8.04. The van der Waals surface area contributed by atoms with Gasteiger partial charge in [-0.05, 0) is 43.4 Å². The van der Waals surface area contributed by atoms with Crippen molar-refractivity contribution in [3.63, 3.8) is 0 Å². The molecule has 0 aliphatic carbocycles. The molecule has 0 spiro atoms. The Morgan fingerprint density at radius 1 is 1.07 bits per heavy atom. The van der Waals surface area contributed by atoms with Crippen molar-refractivity contribution in [1.82, 2.24) is 24.8 Å². The van der Waals surface area contributed by atoms with E-state index >= 15 is 0 Å². The van der Waals surface area contributed by atoms with E-state index in [1.165, 1.54) is 11.1 Å². The van der Waals surface area contributed by atoms with Crippen LogP contribution in [0, 0.1) is 6.92 Å². The first kappa shape index (κ1) is 19.7. The van der Waals surface area contributed by atoms with Gasteiger partial charge < -0.3 is 14.4 Å². The van der Waals surface area contributed by atoms with Crippen molar-refractivity contribution in [2.24, 2.45) is 0 Å². The summed E-state index contributed by atoms with van der Waals surface area (Å²) < 4.78 is 12.7. The smallest absolute Gasteiger partial charge is 0.276 e. The fourth-order valence-corrected chi connectivity index (χ4v) is 4.84. The van der Waals surface area contributed by atoms with Crippen molar-refractivity contribution in [2.75, 3.05) is 46.1 Å². The molecule has 160 valence electrons. The molecule has 0 N–H and O–H groups in total. The van der Waals surface area contributed by atoms with Crippen molar-refractivity contribution in [3.05, 3.63) is 40.7 Å². The largest absolute Gasteiger partial charge is 0.381 e. The zero-order valence-electron chi connectivity index (χ0n) is 17.5. The normalized spacial score (nSPS) is 20.9. The Kier molecular flexibility index (Phi) is 5.54. The van der Waals surface area contributed by atoms with Crippen LogP contribution in [0.4, 0.5) is 0 Å². The molecule has 4 heterocycles. The van der Waals surface area contributed by atoms with Crippen molar-refractivity contribution in [3.8, 4) is 5.69 Å². The predicted molar refractivity (Wildman–Crippen MR) is 111 cm³/mol. The Balaban J connectivity index is 1.40. The van der Waals surface area contributed by atoms with Gasteiger partial charge in [0.2, 0.25) is 0 Å². The molecule has 0 atom stereocenters. The second kappa shape index (κ2) is 8.45. The minimum absolute atomic E-state index is 0.0578. The zero-order valence-corrected chi connectivity index (χ0v) is 17.5. The van der Waals surface area contributed by atoms with Crippen LogP contribution in [0.25, 0.3) is 5.69 Å². The summed E-state index contributed by atoms with van der Waals surface area (Å²) >= 11 is 0. The number of benzene rings is 1. The summed E-state index contributed by atoms with van der Waals surface area (Å²) in [7, 11) is 0. The van der Waals surface area contributed by atoms with E-state index in [9.17, 15) is 4.79 Å². The minimum Gasteiger partial charge on any atom is -0.381 e. The summed E-state index contributed by atoms with van der Waals surface area (Å²) in [6.07, 6.45) is 3.21. The molecule has 1 aromatic carbocycles. The van der Waals surface area contributed by atoms with Gasteiger partial charge in [-0.15, -0.1) is 5.10 Å².